The van der Waals surface area contributed by atoms with E-state index >= 15 is 0 Å². The van der Waals surface area contributed by atoms with E-state index in [-0.39, 0.29) is 18.1 Å². The second-order valence-corrected chi connectivity index (χ2v) is 4.78. The maximum absolute atomic E-state index is 12.6. The van der Waals surface area contributed by atoms with Gasteiger partial charge in [0.2, 0.25) is 0 Å². The van der Waals surface area contributed by atoms with Crippen LogP contribution in [-0.4, -0.2) is 17.1 Å². The molecule has 0 aliphatic carbocycles. The van der Waals surface area contributed by atoms with E-state index in [4.69, 9.17) is 10.5 Å². The summed E-state index contributed by atoms with van der Waals surface area (Å²) in [5.41, 5.74) is 6.65. The van der Waals surface area contributed by atoms with Crippen molar-refractivity contribution < 1.29 is 9.53 Å². The first-order chi connectivity index (χ1) is 10.1. The Morgan fingerprint density at radius 1 is 1.33 bits per heavy atom. The van der Waals surface area contributed by atoms with Gasteiger partial charge < -0.3 is 10.5 Å². The molecule has 0 saturated heterocycles. The van der Waals surface area contributed by atoms with Gasteiger partial charge in [-0.25, -0.2) is 4.79 Å². The molecule has 0 spiro atoms. The smallest absolute Gasteiger partial charge is 0.329 e. The van der Waals surface area contributed by atoms with Crippen molar-refractivity contribution in [3.05, 3.63) is 46.2 Å². The highest BCUT2D eigenvalue weighted by Gasteiger charge is 2.23. The van der Waals surface area contributed by atoms with Gasteiger partial charge >= 0.3 is 5.97 Å². The summed E-state index contributed by atoms with van der Waals surface area (Å²) >= 11 is 0. The molecule has 112 valence electrons. The third kappa shape index (κ3) is 2.83. The first-order valence-electron chi connectivity index (χ1n) is 7.13. The number of carbonyl (C=O) groups excluding carboxylic acids is 1. The number of rotatable bonds is 5. The van der Waals surface area contributed by atoms with Gasteiger partial charge in [-0.05, 0) is 30.9 Å². The first kappa shape index (κ1) is 15.3. The van der Waals surface area contributed by atoms with Crippen molar-refractivity contribution in [2.24, 2.45) is 5.73 Å². The zero-order valence-corrected chi connectivity index (χ0v) is 12.3. The molecule has 0 radical (unpaired) electrons. The van der Waals surface area contributed by atoms with Crippen molar-refractivity contribution in [3.8, 4) is 0 Å². The molecule has 1 aromatic heterocycles. The van der Waals surface area contributed by atoms with E-state index in [2.05, 4.69) is 0 Å². The normalized spacial score (nSPS) is 12.3. The molecule has 1 unspecified atom stereocenters. The van der Waals surface area contributed by atoms with Gasteiger partial charge in [0.15, 0.2) is 0 Å². The fourth-order valence-corrected chi connectivity index (χ4v) is 2.49. The summed E-state index contributed by atoms with van der Waals surface area (Å²) in [5, 5.41) is 0.889. The number of ether oxygens (including phenoxy) is 1. The third-order valence-corrected chi connectivity index (χ3v) is 3.50. The standard InChI is InChI=1S/C16H20N2O3/c1-3-13(16(20)21-4-2)18-14-8-6-5-7-11(14)9-12(10-17)15(18)19/h5-9,13H,3-4,10,17H2,1-2H3. The lowest BCUT2D eigenvalue weighted by atomic mass is 10.1. The Morgan fingerprint density at radius 3 is 2.67 bits per heavy atom. The van der Waals surface area contributed by atoms with E-state index in [1.807, 2.05) is 31.2 Å². The predicted octanol–water partition coefficient (Wildman–Crippen LogP) is 1.97. The summed E-state index contributed by atoms with van der Waals surface area (Å²) in [6.07, 6.45) is 0.483. The molecule has 2 rings (SSSR count). The van der Waals surface area contributed by atoms with Crippen LogP contribution in [-0.2, 0) is 16.1 Å². The second-order valence-electron chi connectivity index (χ2n) is 4.78. The van der Waals surface area contributed by atoms with Crippen LogP contribution in [0.4, 0.5) is 0 Å². The van der Waals surface area contributed by atoms with Gasteiger partial charge in [-0.15, -0.1) is 0 Å². The highest BCUT2D eigenvalue weighted by atomic mass is 16.5. The molecule has 5 heteroatoms. The molecular formula is C16H20N2O3. The number of benzene rings is 1. The third-order valence-electron chi connectivity index (χ3n) is 3.50. The van der Waals surface area contributed by atoms with Crippen molar-refractivity contribution in [1.82, 2.24) is 4.57 Å². The Labute approximate surface area is 123 Å². The van der Waals surface area contributed by atoms with Crippen LogP contribution in [0.3, 0.4) is 0 Å². The highest BCUT2D eigenvalue weighted by Crippen LogP contribution is 2.20. The van der Waals surface area contributed by atoms with Crippen LogP contribution < -0.4 is 11.3 Å². The van der Waals surface area contributed by atoms with E-state index in [9.17, 15) is 9.59 Å². The summed E-state index contributed by atoms with van der Waals surface area (Å²) in [4.78, 5) is 24.8. The molecule has 0 fully saturated rings. The van der Waals surface area contributed by atoms with Crippen LogP contribution in [0.2, 0.25) is 0 Å². The molecule has 1 aromatic carbocycles. The predicted molar refractivity (Wildman–Crippen MR) is 82.1 cm³/mol. The summed E-state index contributed by atoms with van der Waals surface area (Å²) in [6, 6.07) is 8.63. The summed E-state index contributed by atoms with van der Waals surface area (Å²) in [5.74, 6) is -0.388. The monoisotopic (exact) mass is 288 g/mol. The van der Waals surface area contributed by atoms with E-state index in [0.29, 0.717) is 18.6 Å². The average Bonchev–Trinajstić information content (AvgIpc) is 2.50. The topological polar surface area (TPSA) is 74.3 Å². The molecule has 0 aliphatic rings. The van der Waals surface area contributed by atoms with Crippen LogP contribution >= 0.6 is 0 Å². The van der Waals surface area contributed by atoms with Crippen LogP contribution in [0, 0.1) is 0 Å². The van der Waals surface area contributed by atoms with Gasteiger partial charge in [0.1, 0.15) is 6.04 Å². The number of hydrogen-bond donors (Lipinski definition) is 1. The maximum Gasteiger partial charge on any atom is 0.329 e. The molecule has 0 bridgehead atoms. The molecule has 21 heavy (non-hydrogen) atoms. The summed E-state index contributed by atoms with van der Waals surface area (Å²) in [6.45, 7) is 4.04. The number of esters is 1. The molecule has 2 aromatic rings. The van der Waals surface area contributed by atoms with Crippen molar-refractivity contribution in [2.45, 2.75) is 32.9 Å². The Morgan fingerprint density at radius 2 is 2.05 bits per heavy atom. The summed E-state index contributed by atoms with van der Waals surface area (Å²) in [7, 11) is 0. The highest BCUT2D eigenvalue weighted by molar-refractivity contribution is 5.83. The minimum absolute atomic E-state index is 0.142. The number of hydrogen-bond acceptors (Lipinski definition) is 4. The van der Waals surface area contributed by atoms with Crippen molar-refractivity contribution in [3.63, 3.8) is 0 Å². The number of carbonyl (C=O) groups is 1. The Bertz CT molecular complexity index is 706. The Balaban J connectivity index is 2.73. The van der Waals surface area contributed by atoms with Gasteiger partial charge in [-0.3, -0.25) is 9.36 Å². The van der Waals surface area contributed by atoms with Gasteiger partial charge in [0.25, 0.3) is 5.56 Å². The summed E-state index contributed by atoms with van der Waals surface area (Å²) < 4.78 is 6.61. The van der Waals surface area contributed by atoms with E-state index in [0.717, 1.165) is 10.9 Å². The molecule has 0 aliphatic heterocycles. The lowest BCUT2D eigenvalue weighted by Gasteiger charge is -2.20. The first-order valence-corrected chi connectivity index (χ1v) is 7.13. The minimum atomic E-state index is -0.631. The van der Waals surface area contributed by atoms with Crippen LogP contribution in [0.15, 0.2) is 35.1 Å². The van der Waals surface area contributed by atoms with E-state index in [1.165, 1.54) is 4.57 Å². The zero-order chi connectivity index (χ0) is 15.4. The van der Waals surface area contributed by atoms with E-state index in [1.54, 1.807) is 13.0 Å². The lowest BCUT2D eigenvalue weighted by molar-refractivity contribution is -0.147. The van der Waals surface area contributed by atoms with Gasteiger partial charge in [0.05, 0.1) is 12.1 Å². The number of aromatic nitrogens is 1. The van der Waals surface area contributed by atoms with Gasteiger partial charge in [-0.1, -0.05) is 25.1 Å². The van der Waals surface area contributed by atoms with Crippen LogP contribution in [0.1, 0.15) is 31.9 Å². The second kappa shape index (κ2) is 6.54. The van der Waals surface area contributed by atoms with Crippen molar-refractivity contribution in [1.29, 1.82) is 0 Å². The fraction of sp³-hybridized carbons (Fsp3) is 0.375. The molecule has 2 N–H and O–H groups in total. The average molecular weight is 288 g/mol. The van der Waals surface area contributed by atoms with Crippen molar-refractivity contribution >= 4 is 16.9 Å². The number of fused-ring (bicyclic) bond motifs is 1. The maximum atomic E-state index is 12.6. The fourth-order valence-electron chi connectivity index (χ4n) is 2.49. The largest absolute Gasteiger partial charge is 0.464 e. The minimum Gasteiger partial charge on any atom is -0.464 e. The van der Waals surface area contributed by atoms with Crippen molar-refractivity contribution in [2.75, 3.05) is 6.61 Å². The van der Waals surface area contributed by atoms with E-state index < -0.39 is 6.04 Å². The molecule has 1 heterocycles. The van der Waals surface area contributed by atoms with Gasteiger partial charge in [0, 0.05) is 12.1 Å². The zero-order valence-electron chi connectivity index (χ0n) is 12.3. The van der Waals surface area contributed by atoms with Gasteiger partial charge in [-0.2, -0.15) is 0 Å². The molecule has 1 atom stereocenters. The van der Waals surface area contributed by atoms with Crippen LogP contribution in [0.5, 0.6) is 0 Å². The SMILES string of the molecule is CCOC(=O)C(CC)n1c(=O)c(CN)cc2ccccc21. The Kier molecular flexibility index (Phi) is 4.75. The Hall–Kier alpha value is -2.14. The molecular weight excluding hydrogens is 268 g/mol. The number of pyridine rings is 1. The number of nitrogens with zero attached hydrogens (tertiary/aromatic N) is 1. The lowest BCUT2D eigenvalue weighted by Crippen LogP contribution is -2.33. The van der Waals surface area contributed by atoms with Crippen LogP contribution in [0.25, 0.3) is 10.9 Å². The quantitative estimate of drug-likeness (QED) is 0.854. The molecule has 0 amide bonds. The number of nitrogens with two attached hydrogens (primary N) is 1. The number of para-hydroxylation sites is 1. The molecule has 0 saturated carbocycles. The molecule has 5 nitrogen and oxygen atoms in total.